The van der Waals surface area contributed by atoms with Crippen molar-refractivity contribution in [1.29, 1.82) is 0 Å². The number of nitrogens with zero attached hydrogens (tertiary/aromatic N) is 3. The molecule has 2 N–H and O–H groups in total. The van der Waals surface area contributed by atoms with Crippen LogP contribution in [-0.4, -0.2) is 55.6 Å². The number of anilines is 1. The maximum atomic E-state index is 13.3. The lowest BCUT2D eigenvalue weighted by Crippen LogP contribution is -2.52. The van der Waals surface area contributed by atoms with E-state index in [9.17, 15) is 4.39 Å². The van der Waals surface area contributed by atoms with Crippen molar-refractivity contribution in [2.24, 2.45) is 4.99 Å². The van der Waals surface area contributed by atoms with Crippen LogP contribution in [0.3, 0.4) is 0 Å². The number of aromatic amines is 1. The van der Waals surface area contributed by atoms with Crippen molar-refractivity contribution in [3.8, 4) is 0 Å². The molecule has 5 nitrogen and oxygen atoms in total. The molecule has 1 aliphatic heterocycles. The van der Waals surface area contributed by atoms with Gasteiger partial charge >= 0.3 is 0 Å². The Morgan fingerprint density at radius 1 is 1.26 bits per heavy atom. The molecule has 3 heterocycles. The normalized spacial score (nSPS) is 15.6. The van der Waals surface area contributed by atoms with Gasteiger partial charge < -0.3 is 20.1 Å². The van der Waals surface area contributed by atoms with Crippen molar-refractivity contribution in [2.45, 2.75) is 6.42 Å². The Labute approximate surface area is 162 Å². The molecule has 1 saturated heterocycles. The molecular formula is C20H24FN5S. The van der Waals surface area contributed by atoms with E-state index in [-0.39, 0.29) is 5.82 Å². The molecular weight excluding hydrogens is 361 g/mol. The van der Waals surface area contributed by atoms with Crippen LogP contribution in [0, 0.1) is 5.82 Å². The molecule has 0 unspecified atom stereocenters. The third kappa shape index (κ3) is 3.93. The summed E-state index contributed by atoms with van der Waals surface area (Å²) in [5.41, 5.74) is 2.04. The zero-order chi connectivity index (χ0) is 18.6. The zero-order valence-corrected chi connectivity index (χ0v) is 16.2. The van der Waals surface area contributed by atoms with Gasteiger partial charge in [0.2, 0.25) is 0 Å². The fraction of sp³-hybridized carbons (Fsp3) is 0.350. The highest BCUT2D eigenvalue weighted by molar-refractivity contribution is 7.14. The molecule has 0 spiro atoms. The van der Waals surface area contributed by atoms with Crippen LogP contribution >= 0.6 is 11.3 Å². The van der Waals surface area contributed by atoms with Crippen molar-refractivity contribution >= 4 is 33.2 Å². The predicted octanol–water partition coefficient (Wildman–Crippen LogP) is 3.31. The maximum Gasteiger partial charge on any atom is 0.193 e. The quantitative estimate of drug-likeness (QED) is 0.535. The number of hydrogen-bond acceptors (Lipinski definition) is 3. The van der Waals surface area contributed by atoms with Gasteiger partial charge in [-0.15, -0.1) is 11.3 Å². The number of benzene rings is 1. The first-order valence-corrected chi connectivity index (χ1v) is 10.1. The number of hydrogen-bond donors (Lipinski definition) is 2. The SMILES string of the molecule is CN=C(NCCc1c[nH]c2cc(F)ccc12)N1CCN(c2cccs2)CC1. The zero-order valence-electron chi connectivity index (χ0n) is 15.4. The highest BCUT2D eigenvalue weighted by Gasteiger charge is 2.20. The molecule has 3 aromatic rings. The lowest BCUT2D eigenvalue weighted by molar-refractivity contribution is 0.374. The smallest absolute Gasteiger partial charge is 0.193 e. The van der Waals surface area contributed by atoms with E-state index < -0.39 is 0 Å². The first-order valence-electron chi connectivity index (χ1n) is 9.24. The molecule has 0 atom stereocenters. The number of guanidine groups is 1. The molecule has 0 aliphatic carbocycles. The molecule has 27 heavy (non-hydrogen) atoms. The second kappa shape index (κ2) is 8.00. The lowest BCUT2D eigenvalue weighted by Gasteiger charge is -2.37. The summed E-state index contributed by atoms with van der Waals surface area (Å²) in [4.78, 5) is 12.3. The summed E-state index contributed by atoms with van der Waals surface area (Å²) >= 11 is 1.79. The van der Waals surface area contributed by atoms with Crippen LogP contribution in [-0.2, 0) is 6.42 Å². The first kappa shape index (κ1) is 17.9. The van der Waals surface area contributed by atoms with Crippen LogP contribution < -0.4 is 10.2 Å². The average molecular weight is 386 g/mol. The monoisotopic (exact) mass is 385 g/mol. The number of thiophene rings is 1. The molecule has 2 aromatic heterocycles. The summed E-state index contributed by atoms with van der Waals surface area (Å²) in [7, 11) is 1.84. The molecule has 7 heteroatoms. The summed E-state index contributed by atoms with van der Waals surface area (Å²) in [6.45, 7) is 4.74. The summed E-state index contributed by atoms with van der Waals surface area (Å²) in [5.74, 6) is 0.739. The van der Waals surface area contributed by atoms with Crippen molar-refractivity contribution in [3.05, 3.63) is 53.3 Å². The number of rotatable bonds is 4. The van der Waals surface area contributed by atoms with E-state index in [1.807, 2.05) is 19.3 Å². The van der Waals surface area contributed by atoms with E-state index in [0.717, 1.165) is 56.0 Å². The van der Waals surface area contributed by atoms with E-state index in [1.165, 1.54) is 22.7 Å². The topological polar surface area (TPSA) is 46.7 Å². The van der Waals surface area contributed by atoms with Gasteiger partial charge in [-0.05, 0) is 47.7 Å². The van der Waals surface area contributed by atoms with Crippen LogP contribution in [0.4, 0.5) is 9.39 Å². The van der Waals surface area contributed by atoms with Crippen LogP contribution in [0.25, 0.3) is 10.9 Å². The first-order chi connectivity index (χ1) is 13.2. The predicted molar refractivity (Wildman–Crippen MR) is 111 cm³/mol. The van der Waals surface area contributed by atoms with Crippen LogP contribution in [0.2, 0.25) is 0 Å². The fourth-order valence-electron chi connectivity index (χ4n) is 3.60. The molecule has 142 valence electrons. The Bertz CT molecular complexity index is 910. The van der Waals surface area contributed by atoms with E-state index >= 15 is 0 Å². The lowest BCUT2D eigenvalue weighted by atomic mass is 10.1. The van der Waals surface area contributed by atoms with E-state index in [4.69, 9.17) is 0 Å². The van der Waals surface area contributed by atoms with Gasteiger partial charge in [0.05, 0.1) is 5.00 Å². The Kier molecular flexibility index (Phi) is 5.29. The van der Waals surface area contributed by atoms with E-state index in [2.05, 4.69) is 42.6 Å². The van der Waals surface area contributed by atoms with Gasteiger partial charge in [0, 0.05) is 56.9 Å². The van der Waals surface area contributed by atoms with Gasteiger partial charge in [-0.3, -0.25) is 4.99 Å². The minimum atomic E-state index is -0.212. The molecule has 4 rings (SSSR count). The molecule has 1 aromatic carbocycles. The van der Waals surface area contributed by atoms with Gasteiger partial charge in [-0.1, -0.05) is 0 Å². The van der Waals surface area contributed by atoms with Gasteiger partial charge in [-0.25, -0.2) is 4.39 Å². The fourth-order valence-corrected chi connectivity index (χ4v) is 4.38. The third-order valence-corrected chi connectivity index (χ3v) is 5.94. The summed E-state index contributed by atoms with van der Waals surface area (Å²) in [5, 5.41) is 8.02. The summed E-state index contributed by atoms with van der Waals surface area (Å²) in [6.07, 6.45) is 2.83. The minimum Gasteiger partial charge on any atom is -0.361 e. The number of H-pyrrole nitrogens is 1. The number of nitrogens with one attached hydrogen (secondary N) is 2. The third-order valence-electron chi connectivity index (χ3n) is 5.02. The van der Waals surface area contributed by atoms with Crippen molar-refractivity contribution in [1.82, 2.24) is 15.2 Å². The van der Waals surface area contributed by atoms with Gasteiger partial charge in [0.25, 0.3) is 0 Å². The summed E-state index contributed by atoms with van der Waals surface area (Å²) < 4.78 is 13.3. The number of fused-ring (bicyclic) bond motifs is 1. The molecule has 0 radical (unpaired) electrons. The standard InChI is InChI=1S/C20H24FN5S/c1-22-20(26-10-8-25(9-11-26)19-3-2-12-27-19)23-7-6-15-14-24-18-13-16(21)4-5-17(15)18/h2-5,12-14,24H,6-11H2,1H3,(H,22,23). The molecule has 1 aliphatic rings. The Morgan fingerprint density at radius 3 is 2.85 bits per heavy atom. The summed E-state index contributed by atoms with van der Waals surface area (Å²) in [6, 6.07) is 9.18. The highest BCUT2D eigenvalue weighted by atomic mass is 32.1. The highest BCUT2D eigenvalue weighted by Crippen LogP contribution is 2.22. The van der Waals surface area contributed by atoms with E-state index in [0.29, 0.717) is 0 Å². The van der Waals surface area contributed by atoms with Gasteiger partial charge in [0.15, 0.2) is 5.96 Å². The number of aromatic nitrogens is 1. The Balaban J connectivity index is 1.30. The molecule has 0 saturated carbocycles. The second-order valence-corrected chi connectivity index (χ2v) is 7.58. The molecule has 1 fully saturated rings. The van der Waals surface area contributed by atoms with Crippen LogP contribution in [0.1, 0.15) is 5.56 Å². The Hall–Kier alpha value is -2.54. The van der Waals surface area contributed by atoms with Gasteiger partial charge in [-0.2, -0.15) is 0 Å². The average Bonchev–Trinajstić information content (AvgIpc) is 3.35. The molecule has 0 bridgehead atoms. The van der Waals surface area contributed by atoms with E-state index in [1.54, 1.807) is 11.3 Å². The largest absolute Gasteiger partial charge is 0.361 e. The second-order valence-electron chi connectivity index (χ2n) is 6.65. The van der Waals surface area contributed by atoms with Crippen molar-refractivity contribution in [3.63, 3.8) is 0 Å². The molecule has 0 amide bonds. The maximum absolute atomic E-state index is 13.3. The Morgan fingerprint density at radius 2 is 2.11 bits per heavy atom. The number of piperazine rings is 1. The number of aliphatic imine (C=N–C) groups is 1. The van der Waals surface area contributed by atoms with Crippen LogP contribution in [0.15, 0.2) is 46.9 Å². The number of halogens is 1. The van der Waals surface area contributed by atoms with Crippen molar-refractivity contribution in [2.75, 3.05) is 44.7 Å². The van der Waals surface area contributed by atoms with Crippen LogP contribution in [0.5, 0.6) is 0 Å². The van der Waals surface area contributed by atoms with Gasteiger partial charge in [0.1, 0.15) is 5.82 Å². The minimum absolute atomic E-state index is 0.212. The van der Waals surface area contributed by atoms with Crippen molar-refractivity contribution < 1.29 is 4.39 Å².